The van der Waals surface area contributed by atoms with E-state index in [0.717, 1.165) is 0 Å². The number of carbonyl (C=O) groups excluding carboxylic acids is 2. The van der Waals surface area contributed by atoms with Crippen LogP contribution in [0.1, 0.15) is 32.4 Å². The Bertz CT molecular complexity index is 425. The van der Waals surface area contributed by atoms with E-state index >= 15 is 0 Å². The molecule has 1 aromatic heterocycles. The first kappa shape index (κ1) is 12.7. The highest BCUT2D eigenvalue weighted by Gasteiger charge is 2.36. The third kappa shape index (κ3) is 2.72. The van der Waals surface area contributed by atoms with E-state index in [4.69, 9.17) is 4.42 Å². The Labute approximate surface area is 106 Å². The van der Waals surface area contributed by atoms with Gasteiger partial charge in [0.2, 0.25) is 11.8 Å². The maximum Gasteiger partial charge on any atom is 0.243 e. The van der Waals surface area contributed by atoms with Crippen LogP contribution in [-0.4, -0.2) is 28.8 Å². The summed E-state index contributed by atoms with van der Waals surface area (Å²) in [5, 5.41) is 2.85. The summed E-state index contributed by atoms with van der Waals surface area (Å²) in [6.45, 7) is 4.18. The highest BCUT2D eigenvalue weighted by atomic mass is 16.3. The van der Waals surface area contributed by atoms with Gasteiger partial charge in [-0.25, -0.2) is 0 Å². The topological polar surface area (TPSA) is 62.6 Å². The number of likely N-dealkylation sites (tertiary alicyclic amines) is 1. The molecule has 1 aromatic rings. The first-order chi connectivity index (χ1) is 8.58. The minimum atomic E-state index is -0.370. The third-order valence-corrected chi connectivity index (χ3v) is 2.97. The second kappa shape index (κ2) is 5.25. The lowest BCUT2D eigenvalue weighted by atomic mass is 10.2. The Morgan fingerprint density at radius 2 is 2.39 bits per heavy atom. The summed E-state index contributed by atoms with van der Waals surface area (Å²) in [4.78, 5) is 25.4. The summed E-state index contributed by atoms with van der Waals surface area (Å²) in [6, 6.07) is 3.30. The van der Waals surface area contributed by atoms with Gasteiger partial charge in [-0.05, 0) is 32.4 Å². The van der Waals surface area contributed by atoms with Crippen molar-refractivity contribution in [2.75, 3.05) is 0 Å². The normalized spacial score (nSPS) is 19.6. The second-order valence-corrected chi connectivity index (χ2v) is 4.82. The van der Waals surface area contributed by atoms with E-state index in [2.05, 4.69) is 5.32 Å². The monoisotopic (exact) mass is 250 g/mol. The Hall–Kier alpha value is -1.78. The van der Waals surface area contributed by atoms with Crippen molar-refractivity contribution >= 4 is 11.8 Å². The van der Waals surface area contributed by atoms with Crippen molar-refractivity contribution in [3.8, 4) is 0 Å². The predicted octanol–water partition coefficient (Wildman–Crippen LogP) is 1.30. The zero-order valence-electron chi connectivity index (χ0n) is 10.7. The molecule has 1 aliphatic rings. The molecule has 18 heavy (non-hydrogen) atoms. The number of furan rings is 1. The number of hydrogen-bond acceptors (Lipinski definition) is 3. The van der Waals surface area contributed by atoms with Crippen LogP contribution in [0.3, 0.4) is 0 Å². The van der Waals surface area contributed by atoms with Crippen LogP contribution in [0, 0.1) is 0 Å². The Kier molecular flexibility index (Phi) is 3.69. The molecular weight excluding hydrogens is 232 g/mol. The van der Waals surface area contributed by atoms with Gasteiger partial charge in [0.1, 0.15) is 11.8 Å². The smallest absolute Gasteiger partial charge is 0.243 e. The average molecular weight is 250 g/mol. The number of amides is 2. The summed E-state index contributed by atoms with van der Waals surface area (Å²) >= 11 is 0. The van der Waals surface area contributed by atoms with Crippen LogP contribution < -0.4 is 5.32 Å². The molecule has 0 unspecified atom stereocenters. The summed E-state index contributed by atoms with van der Waals surface area (Å²) in [5.41, 5.74) is 0. The molecule has 0 saturated carbocycles. The minimum Gasteiger partial charge on any atom is -0.467 e. The van der Waals surface area contributed by atoms with E-state index in [1.165, 1.54) is 0 Å². The minimum absolute atomic E-state index is 0.00954. The van der Waals surface area contributed by atoms with E-state index in [9.17, 15) is 9.59 Å². The van der Waals surface area contributed by atoms with Crippen molar-refractivity contribution in [3.05, 3.63) is 24.2 Å². The molecule has 0 bridgehead atoms. The summed E-state index contributed by atoms with van der Waals surface area (Å²) in [6.07, 6.45) is 2.58. The van der Waals surface area contributed by atoms with Gasteiger partial charge >= 0.3 is 0 Å². The maximum atomic E-state index is 12.0. The molecule has 5 nitrogen and oxygen atoms in total. The number of rotatable bonds is 4. The molecule has 0 aromatic carbocycles. The van der Waals surface area contributed by atoms with Gasteiger partial charge in [-0.1, -0.05) is 0 Å². The van der Waals surface area contributed by atoms with Crippen molar-refractivity contribution in [1.29, 1.82) is 0 Å². The Morgan fingerprint density at radius 3 is 3.00 bits per heavy atom. The lowest BCUT2D eigenvalue weighted by Crippen LogP contribution is -2.46. The van der Waals surface area contributed by atoms with Crippen LogP contribution in [-0.2, 0) is 16.1 Å². The van der Waals surface area contributed by atoms with Crippen LogP contribution in [0.25, 0.3) is 0 Å². The largest absolute Gasteiger partial charge is 0.467 e. The molecule has 1 aliphatic heterocycles. The van der Waals surface area contributed by atoms with Crippen molar-refractivity contribution in [3.63, 3.8) is 0 Å². The van der Waals surface area contributed by atoms with Crippen molar-refractivity contribution < 1.29 is 14.0 Å². The van der Waals surface area contributed by atoms with Gasteiger partial charge in [0, 0.05) is 12.5 Å². The molecule has 1 N–H and O–H groups in total. The van der Waals surface area contributed by atoms with E-state index in [0.29, 0.717) is 25.1 Å². The fourth-order valence-electron chi connectivity index (χ4n) is 2.16. The second-order valence-electron chi connectivity index (χ2n) is 4.82. The number of nitrogens with one attached hydrogen (secondary N) is 1. The standard InChI is InChI=1S/C13H18N2O3/c1-9(2)14-13(17)11-5-6-12(16)15(11)8-10-4-3-7-18-10/h3-4,7,9,11H,5-6,8H2,1-2H3,(H,14,17)/t11-/m1/s1. The summed E-state index contributed by atoms with van der Waals surface area (Å²) in [7, 11) is 0. The molecule has 0 spiro atoms. The lowest BCUT2D eigenvalue weighted by molar-refractivity contribution is -0.136. The lowest BCUT2D eigenvalue weighted by Gasteiger charge is -2.24. The van der Waals surface area contributed by atoms with E-state index in [1.807, 2.05) is 19.9 Å². The molecule has 1 fully saturated rings. The predicted molar refractivity (Wildman–Crippen MR) is 65.6 cm³/mol. The number of nitrogens with zero attached hydrogens (tertiary/aromatic N) is 1. The van der Waals surface area contributed by atoms with Gasteiger partial charge in [0.05, 0.1) is 12.8 Å². The molecule has 2 rings (SSSR count). The van der Waals surface area contributed by atoms with Gasteiger partial charge in [-0.3, -0.25) is 9.59 Å². The Balaban J connectivity index is 2.05. The summed E-state index contributed by atoms with van der Waals surface area (Å²) < 4.78 is 5.23. The Morgan fingerprint density at radius 1 is 1.61 bits per heavy atom. The van der Waals surface area contributed by atoms with Gasteiger partial charge in [-0.2, -0.15) is 0 Å². The average Bonchev–Trinajstić information content (AvgIpc) is 2.90. The van der Waals surface area contributed by atoms with Crippen LogP contribution in [0.2, 0.25) is 0 Å². The highest BCUT2D eigenvalue weighted by Crippen LogP contribution is 2.21. The molecular formula is C13H18N2O3. The molecule has 1 saturated heterocycles. The van der Waals surface area contributed by atoms with E-state index < -0.39 is 0 Å². The van der Waals surface area contributed by atoms with Crippen LogP contribution >= 0.6 is 0 Å². The van der Waals surface area contributed by atoms with Crippen LogP contribution in [0.4, 0.5) is 0 Å². The molecule has 2 heterocycles. The number of carbonyl (C=O) groups is 2. The van der Waals surface area contributed by atoms with Crippen LogP contribution in [0.5, 0.6) is 0 Å². The van der Waals surface area contributed by atoms with Crippen molar-refractivity contribution in [2.24, 2.45) is 0 Å². The van der Waals surface area contributed by atoms with Gasteiger partial charge in [-0.15, -0.1) is 0 Å². The molecule has 5 heteroatoms. The highest BCUT2D eigenvalue weighted by molar-refractivity contribution is 5.90. The van der Waals surface area contributed by atoms with Gasteiger partial charge in [0.25, 0.3) is 0 Å². The first-order valence-corrected chi connectivity index (χ1v) is 6.20. The molecule has 0 aliphatic carbocycles. The zero-order chi connectivity index (χ0) is 13.1. The maximum absolute atomic E-state index is 12.0. The first-order valence-electron chi connectivity index (χ1n) is 6.20. The fourth-order valence-corrected chi connectivity index (χ4v) is 2.16. The van der Waals surface area contributed by atoms with Crippen molar-refractivity contribution in [2.45, 2.75) is 45.3 Å². The van der Waals surface area contributed by atoms with Gasteiger partial charge in [0.15, 0.2) is 0 Å². The molecule has 0 radical (unpaired) electrons. The SMILES string of the molecule is CC(C)NC(=O)[C@H]1CCC(=O)N1Cc1ccco1. The van der Waals surface area contributed by atoms with E-state index in [1.54, 1.807) is 17.2 Å². The van der Waals surface area contributed by atoms with Crippen LogP contribution in [0.15, 0.2) is 22.8 Å². The number of hydrogen-bond donors (Lipinski definition) is 1. The molecule has 1 atom stereocenters. The molecule has 98 valence electrons. The fraction of sp³-hybridized carbons (Fsp3) is 0.538. The molecule has 2 amide bonds. The summed E-state index contributed by atoms with van der Waals surface area (Å²) in [5.74, 6) is 0.630. The van der Waals surface area contributed by atoms with E-state index in [-0.39, 0.29) is 23.9 Å². The zero-order valence-corrected chi connectivity index (χ0v) is 10.7. The van der Waals surface area contributed by atoms with Crippen molar-refractivity contribution in [1.82, 2.24) is 10.2 Å². The van der Waals surface area contributed by atoms with Gasteiger partial charge < -0.3 is 14.6 Å². The third-order valence-electron chi connectivity index (χ3n) is 2.97. The quantitative estimate of drug-likeness (QED) is 0.876.